The van der Waals surface area contributed by atoms with Gasteiger partial charge >= 0.3 is 0 Å². The fourth-order valence-electron chi connectivity index (χ4n) is 7.09. The molecule has 0 saturated carbocycles. The molecular weight excluding hydrogens is 506 g/mol. The summed E-state index contributed by atoms with van der Waals surface area (Å²) in [6.45, 7) is 6.56. The molecule has 5 atom stereocenters. The van der Waals surface area contributed by atoms with Crippen LogP contribution in [0.15, 0.2) is 72.8 Å². The van der Waals surface area contributed by atoms with Crippen molar-refractivity contribution in [1.29, 1.82) is 0 Å². The van der Waals surface area contributed by atoms with Gasteiger partial charge in [0.1, 0.15) is 11.6 Å². The summed E-state index contributed by atoms with van der Waals surface area (Å²) in [5, 5.41) is 9.94. The lowest BCUT2D eigenvalue weighted by molar-refractivity contribution is -0.149. The summed E-state index contributed by atoms with van der Waals surface area (Å²) in [6.07, 6.45) is 7.53. The number of carbonyl (C=O) groups is 3. The van der Waals surface area contributed by atoms with Gasteiger partial charge in [-0.05, 0) is 43.5 Å². The fourth-order valence-corrected chi connectivity index (χ4v) is 7.09. The number of aliphatic hydroxyl groups excluding tert-OH is 1. The summed E-state index contributed by atoms with van der Waals surface area (Å²) in [7, 11) is 0. The second-order valence-electron chi connectivity index (χ2n) is 11.5. The van der Waals surface area contributed by atoms with E-state index in [9.17, 15) is 19.5 Å². The highest BCUT2D eigenvalue weighted by molar-refractivity contribution is 6.06. The van der Waals surface area contributed by atoms with Gasteiger partial charge < -0.3 is 24.5 Å². The second kappa shape index (κ2) is 9.71. The average Bonchev–Trinajstić information content (AvgIpc) is 3.19. The van der Waals surface area contributed by atoms with Crippen LogP contribution in [0.25, 0.3) is 0 Å². The summed E-state index contributed by atoms with van der Waals surface area (Å²) >= 11 is 0. The third-order valence-electron chi connectivity index (χ3n) is 8.85. The molecule has 0 aliphatic carbocycles. The number of β-amino-alcohol motifs (C(OH)–C–C–N with tert-alkyl or cyclic N) is 1. The van der Waals surface area contributed by atoms with Crippen molar-refractivity contribution >= 4 is 23.4 Å². The predicted molar refractivity (Wildman–Crippen MR) is 150 cm³/mol. The number of aliphatic hydroxyl groups is 1. The Morgan fingerprint density at radius 1 is 0.925 bits per heavy atom. The van der Waals surface area contributed by atoms with E-state index in [2.05, 4.69) is 0 Å². The van der Waals surface area contributed by atoms with E-state index >= 15 is 0 Å². The number of carbonyl (C=O) groups excluding carboxylic acids is 3. The first-order valence-corrected chi connectivity index (χ1v) is 13.9. The zero-order chi connectivity index (χ0) is 28.2. The molecule has 208 valence electrons. The van der Waals surface area contributed by atoms with Crippen molar-refractivity contribution in [1.82, 2.24) is 9.80 Å². The topological polar surface area (TPSA) is 90.4 Å². The lowest BCUT2D eigenvalue weighted by Gasteiger charge is -2.37. The van der Waals surface area contributed by atoms with E-state index < -0.39 is 29.1 Å². The van der Waals surface area contributed by atoms with Gasteiger partial charge in [-0.15, -0.1) is 0 Å². The maximum absolute atomic E-state index is 14.4. The quantitative estimate of drug-likeness (QED) is 0.588. The molecule has 0 radical (unpaired) electrons. The molecule has 0 bridgehead atoms. The molecule has 2 saturated heterocycles. The van der Waals surface area contributed by atoms with Crippen molar-refractivity contribution in [3.05, 3.63) is 89.5 Å². The van der Waals surface area contributed by atoms with Crippen LogP contribution < -0.4 is 4.90 Å². The van der Waals surface area contributed by atoms with Crippen molar-refractivity contribution in [3.8, 4) is 0 Å². The lowest BCUT2D eigenvalue weighted by Crippen LogP contribution is -2.56. The second-order valence-corrected chi connectivity index (χ2v) is 11.5. The standard InChI is InChI=1S/C32H35N3O5/c1-21-11-12-22(2)24(19-21)34-16-8-14-32-26(29(38)35(17-18-36)27(32)30(34)39)25-28(37)33(15-7-13-31(25,3)40-32)20-23-9-5-4-6-10-23/h4-14,19,25-27,36H,15-18,20H2,1-3H3/t25-,26+,27?,31+,32+/m1/s1. The Hall–Kier alpha value is -3.75. The number of benzene rings is 2. The Kier molecular flexibility index (Phi) is 6.43. The van der Waals surface area contributed by atoms with E-state index in [1.54, 1.807) is 9.80 Å². The molecular formula is C32H35N3O5. The van der Waals surface area contributed by atoms with Gasteiger partial charge in [0, 0.05) is 31.9 Å². The first-order valence-electron chi connectivity index (χ1n) is 13.9. The van der Waals surface area contributed by atoms with Crippen molar-refractivity contribution < 1.29 is 24.2 Å². The summed E-state index contributed by atoms with van der Waals surface area (Å²) in [4.78, 5) is 47.8. The molecule has 8 heteroatoms. The third-order valence-corrected chi connectivity index (χ3v) is 8.85. The number of nitrogens with zero attached hydrogens (tertiary/aromatic N) is 3. The molecule has 40 heavy (non-hydrogen) atoms. The van der Waals surface area contributed by atoms with Crippen molar-refractivity contribution in [2.24, 2.45) is 11.8 Å². The minimum Gasteiger partial charge on any atom is -0.395 e. The van der Waals surface area contributed by atoms with E-state index in [0.29, 0.717) is 19.6 Å². The van der Waals surface area contributed by atoms with Gasteiger partial charge in [0.05, 0.1) is 24.0 Å². The van der Waals surface area contributed by atoms with Crippen LogP contribution in [0, 0.1) is 25.7 Å². The average molecular weight is 542 g/mol. The van der Waals surface area contributed by atoms with Gasteiger partial charge in [-0.2, -0.15) is 0 Å². The lowest BCUT2D eigenvalue weighted by atomic mass is 9.74. The molecule has 0 aromatic heterocycles. The molecule has 1 unspecified atom stereocenters. The highest BCUT2D eigenvalue weighted by atomic mass is 16.5. The zero-order valence-electron chi connectivity index (χ0n) is 23.1. The van der Waals surface area contributed by atoms with Crippen LogP contribution in [-0.4, -0.2) is 76.1 Å². The summed E-state index contributed by atoms with van der Waals surface area (Å²) < 4.78 is 6.84. The number of hydrogen-bond acceptors (Lipinski definition) is 5. The van der Waals surface area contributed by atoms with Crippen LogP contribution in [0.5, 0.6) is 0 Å². The predicted octanol–water partition coefficient (Wildman–Crippen LogP) is 2.77. The number of rotatable bonds is 5. The molecule has 1 N–H and O–H groups in total. The number of fused-ring (bicyclic) bond motifs is 2. The van der Waals surface area contributed by atoms with Crippen LogP contribution in [0.3, 0.4) is 0 Å². The maximum Gasteiger partial charge on any atom is 0.253 e. The molecule has 3 amide bonds. The van der Waals surface area contributed by atoms with Crippen LogP contribution >= 0.6 is 0 Å². The molecule has 4 aliphatic rings. The van der Waals surface area contributed by atoms with Gasteiger partial charge in [0.2, 0.25) is 11.8 Å². The Labute approximate surface area is 234 Å². The first kappa shape index (κ1) is 26.5. The Bertz CT molecular complexity index is 1420. The zero-order valence-corrected chi connectivity index (χ0v) is 23.1. The third kappa shape index (κ3) is 3.92. The highest BCUT2D eigenvalue weighted by Gasteiger charge is 2.74. The Morgan fingerprint density at radius 2 is 1.68 bits per heavy atom. The van der Waals surface area contributed by atoms with Gasteiger partial charge in [0.15, 0.2) is 0 Å². The van der Waals surface area contributed by atoms with E-state index in [1.165, 1.54) is 4.90 Å². The highest BCUT2D eigenvalue weighted by Crippen LogP contribution is 2.57. The normalized spacial score (nSPS) is 31.2. The number of ether oxygens (including phenoxy) is 1. The number of aryl methyl sites for hydroxylation is 2. The molecule has 8 nitrogen and oxygen atoms in total. The molecule has 6 rings (SSSR count). The van der Waals surface area contributed by atoms with E-state index in [1.807, 2.05) is 93.6 Å². The van der Waals surface area contributed by atoms with Crippen LogP contribution in [0.2, 0.25) is 0 Å². The van der Waals surface area contributed by atoms with Gasteiger partial charge in [0.25, 0.3) is 5.91 Å². The molecule has 2 fully saturated rings. The van der Waals surface area contributed by atoms with Gasteiger partial charge in [-0.25, -0.2) is 0 Å². The minimum absolute atomic E-state index is 0.0213. The molecule has 2 aromatic carbocycles. The van der Waals surface area contributed by atoms with Crippen LogP contribution in [0.1, 0.15) is 23.6 Å². The summed E-state index contributed by atoms with van der Waals surface area (Å²) in [5.74, 6) is -2.51. The summed E-state index contributed by atoms with van der Waals surface area (Å²) in [5.41, 5.74) is 1.31. The number of amides is 3. The van der Waals surface area contributed by atoms with Crippen molar-refractivity contribution in [3.63, 3.8) is 0 Å². The molecule has 4 aliphatic heterocycles. The number of likely N-dealkylation sites (tertiary alicyclic amines) is 1. The first-order chi connectivity index (χ1) is 19.2. The van der Waals surface area contributed by atoms with E-state index in [4.69, 9.17) is 4.74 Å². The molecule has 2 aromatic rings. The van der Waals surface area contributed by atoms with Crippen LogP contribution in [0.4, 0.5) is 5.69 Å². The number of anilines is 1. The monoisotopic (exact) mass is 541 g/mol. The molecule has 4 heterocycles. The largest absolute Gasteiger partial charge is 0.395 e. The molecule has 1 spiro atoms. The van der Waals surface area contributed by atoms with Gasteiger partial charge in [-0.3, -0.25) is 14.4 Å². The van der Waals surface area contributed by atoms with E-state index in [0.717, 1.165) is 22.4 Å². The van der Waals surface area contributed by atoms with Crippen molar-refractivity contribution in [2.75, 3.05) is 31.1 Å². The van der Waals surface area contributed by atoms with Crippen LogP contribution in [-0.2, 0) is 25.7 Å². The number of hydrogen-bond donors (Lipinski definition) is 1. The minimum atomic E-state index is -1.34. The van der Waals surface area contributed by atoms with E-state index in [-0.39, 0.29) is 30.9 Å². The maximum atomic E-state index is 14.4. The van der Waals surface area contributed by atoms with Crippen molar-refractivity contribution in [2.45, 2.75) is 44.6 Å². The Balaban J connectivity index is 1.44. The van der Waals surface area contributed by atoms with Gasteiger partial charge in [-0.1, -0.05) is 66.8 Å². The summed E-state index contributed by atoms with van der Waals surface area (Å²) in [6, 6.07) is 14.7. The smallest absolute Gasteiger partial charge is 0.253 e. The fraction of sp³-hybridized carbons (Fsp3) is 0.406. The Morgan fingerprint density at radius 3 is 2.42 bits per heavy atom. The SMILES string of the molecule is Cc1ccc(C)c(N2CC=C[C@]34O[C@@]5(C)C=CCN(Cc6ccccc6)C(=O)[C@H]5[C@H]3C(=O)N(CCO)C4C2=O)c1.